The fourth-order valence-electron chi connectivity index (χ4n) is 2.35. The average molecular weight is 250 g/mol. The summed E-state index contributed by atoms with van der Waals surface area (Å²) < 4.78 is 0. The Kier molecular flexibility index (Phi) is 8.45. The molecule has 0 unspecified atom stereocenters. The second kappa shape index (κ2) is 10.0. The number of ketones is 2. The van der Waals surface area contributed by atoms with Gasteiger partial charge in [-0.2, -0.15) is 0 Å². The molecule has 102 valence electrons. The molecule has 0 radical (unpaired) electrons. The van der Waals surface area contributed by atoms with Crippen molar-refractivity contribution in [2.75, 3.05) is 0 Å². The fraction of sp³-hybridized carbons (Fsp3) is 0.750. The monoisotopic (exact) mass is 250 g/mol. The van der Waals surface area contributed by atoms with E-state index in [1.54, 1.807) is 6.08 Å². The molecule has 2 heteroatoms. The quantitative estimate of drug-likeness (QED) is 0.639. The lowest BCUT2D eigenvalue weighted by molar-refractivity contribution is -0.119. The Labute approximate surface area is 111 Å². The molecule has 0 aromatic carbocycles. The van der Waals surface area contributed by atoms with Crippen LogP contribution in [-0.4, -0.2) is 11.6 Å². The van der Waals surface area contributed by atoms with Gasteiger partial charge < -0.3 is 0 Å². The zero-order valence-electron chi connectivity index (χ0n) is 11.5. The number of Topliss-reactive ketones (excluding diaryl/α,β-unsaturated/α-hetero) is 1. The van der Waals surface area contributed by atoms with Crippen LogP contribution in [0.25, 0.3) is 0 Å². The topological polar surface area (TPSA) is 34.1 Å². The molecule has 1 aliphatic carbocycles. The highest BCUT2D eigenvalue weighted by atomic mass is 16.1. The van der Waals surface area contributed by atoms with Crippen molar-refractivity contribution in [1.29, 1.82) is 0 Å². The second-order valence-corrected chi connectivity index (χ2v) is 5.27. The Balaban J connectivity index is 2.31. The van der Waals surface area contributed by atoms with Crippen LogP contribution in [0.2, 0.25) is 0 Å². The van der Waals surface area contributed by atoms with Gasteiger partial charge in [0.1, 0.15) is 5.78 Å². The van der Waals surface area contributed by atoms with Crippen molar-refractivity contribution in [2.24, 2.45) is 0 Å². The molecule has 0 aromatic rings. The van der Waals surface area contributed by atoms with E-state index in [9.17, 15) is 9.59 Å². The molecule has 0 amide bonds. The predicted molar refractivity (Wildman–Crippen MR) is 74.6 cm³/mol. The van der Waals surface area contributed by atoms with Crippen LogP contribution in [0.15, 0.2) is 12.2 Å². The van der Waals surface area contributed by atoms with Crippen molar-refractivity contribution < 1.29 is 9.59 Å². The molecule has 0 spiro atoms. The van der Waals surface area contributed by atoms with E-state index < -0.39 is 0 Å². The van der Waals surface area contributed by atoms with Crippen LogP contribution < -0.4 is 0 Å². The second-order valence-electron chi connectivity index (χ2n) is 5.27. The molecule has 0 heterocycles. The van der Waals surface area contributed by atoms with Crippen LogP contribution in [0.5, 0.6) is 0 Å². The highest BCUT2D eigenvalue weighted by Crippen LogP contribution is 2.12. The largest absolute Gasteiger partial charge is 0.300 e. The molecule has 1 rings (SSSR count). The van der Waals surface area contributed by atoms with Crippen LogP contribution in [0.1, 0.15) is 77.0 Å². The van der Waals surface area contributed by atoms with Gasteiger partial charge in [-0.25, -0.2) is 0 Å². The van der Waals surface area contributed by atoms with E-state index in [0.29, 0.717) is 25.0 Å². The summed E-state index contributed by atoms with van der Waals surface area (Å²) in [4.78, 5) is 23.0. The summed E-state index contributed by atoms with van der Waals surface area (Å²) in [6, 6.07) is 0. The normalized spacial score (nSPS) is 23.8. The smallest absolute Gasteiger partial charge is 0.155 e. The van der Waals surface area contributed by atoms with Crippen LogP contribution >= 0.6 is 0 Å². The summed E-state index contributed by atoms with van der Waals surface area (Å²) in [5.74, 6) is 0.508. The summed E-state index contributed by atoms with van der Waals surface area (Å²) in [5.41, 5.74) is 0. The lowest BCUT2D eigenvalue weighted by Gasteiger charge is -2.03. The standard InChI is InChI=1S/C16H26O2/c17-15-11-8-6-4-2-1-3-5-7-9-12-16(18)14-10-13-15/h8,11H,1-7,9-10,12-14H2/b11-8+. The van der Waals surface area contributed by atoms with Gasteiger partial charge in [0.15, 0.2) is 5.78 Å². The maximum Gasteiger partial charge on any atom is 0.155 e. The summed E-state index contributed by atoms with van der Waals surface area (Å²) in [6.07, 6.45) is 15.8. The van der Waals surface area contributed by atoms with E-state index >= 15 is 0 Å². The van der Waals surface area contributed by atoms with Crippen molar-refractivity contribution in [3.05, 3.63) is 12.2 Å². The fourth-order valence-corrected chi connectivity index (χ4v) is 2.35. The maximum atomic E-state index is 11.6. The van der Waals surface area contributed by atoms with Crippen molar-refractivity contribution in [3.8, 4) is 0 Å². The minimum atomic E-state index is 0.176. The number of hydrogen-bond acceptors (Lipinski definition) is 2. The van der Waals surface area contributed by atoms with Gasteiger partial charge in [-0.15, -0.1) is 0 Å². The molecule has 0 fully saturated rings. The number of hydrogen-bond donors (Lipinski definition) is 0. The summed E-state index contributed by atoms with van der Waals surface area (Å²) in [6.45, 7) is 0. The first kappa shape index (κ1) is 15.1. The highest BCUT2D eigenvalue weighted by molar-refractivity contribution is 5.90. The first-order valence-corrected chi connectivity index (χ1v) is 7.50. The lowest BCUT2D eigenvalue weighted by Crippen LogP contribution is -2.00. The molecule has 0 saturated heterocycles. The molecular weight excluding hydrogens is 224 g/mol. The SMILES string of the molecule is O=C1/C=C/CCCCCCCCCC(=O)CCC1. The van der Waals surface area contributed by atoms with E-state index in [4.69, 9.17) is 0 Å². The molecule has 0 N–H and O–H groups in total. The molecule has 0 bridgehead atoms. The first-order chi connectivity index (χ1) is 8.79. The third-order valence-electron chi connectivity index (χ3n) is 3.51. The van der Waals surface area contributed by atoms with Crippen molar-refractivity contribution in [2.45, 2.75) is 77.0 Å². The minimum Gasteiger partial charge on any atom is -0.300 e. The Morgan fingerprint density at radius 3 is 2.06 bits per heavy atom. The van der Waals surface area contributed by atoms with Crippen molar-refractivity contribution in [3.63, 3.8) is 0 Å². The third-order valence-corrected chi connectivity index (χ3v) is 3.51. The summed E-state index contributed by atoms with van der Waals surface area (Å²) in [7, 11) is 0. The molecule has 1 aliphatic rings. The number of carbonyl (C=O) groups is 2. The van der Waals surface area contributed by atoms with Crippen LogP contribution in [0.4, 0.5) is 0 Å². The van der Waals surface area contributed by atoms with Crippen LogP contribution in [0, 0.1) is 0 Å². The van der Waals surface area contributed by atoms with E-state index in [0.717, 1.165) is 19.3 Å². The van der Waals surface area contributed by atoms with Gasteiger partial charge in [-0.05, 0) is 31.8 Å². The van der Waals surface area contributed by atoms with Crippen LogP contribution in [0.3, 0.4) is 0 Å². The Morgan fingerprint density at radius 1 is 0.667 bits per heavy atom. The average Bonchev–Trinajstić information content (AvgIpc) is 2.34. The Hall–Kier alpha value is -0.920. The number of allylic oxidation sites excluding steroid dienone is 2. The predicted octanol–water partition coefficient (Wildman–Crippen LogP) is 4.38. The van der Waals surface area contributed by atoms with Crippen molar-refractivity contribution >= 4 is 11.6 Å². The first-order valence-electron chi connectivity index (χ1n) is 7.50. The van der Waals surface area contributed by atoms with E-state index in [-0.39, 0.29) is 5.78 Å². The minimum absolute atomic E-state index is 0.176. The Bertz CT molecular complexity index is 279. The molecule has 0 aromatic heterocycles. The van der Waals surface area contributed by atoms with E-state index in [2.05, 4.69) is 0 Å². The zero-order chi connectivity index (χ0) is 13.1. The van der Waals surface area contributed by atoms with Gasteiger partial charge in [-0.1, -0.05) is 38.2 Å². The van der Waals surface area contributed by atoms with Gasteiger partial charge in [0.05, 0.1) is 0 Å². The molecule has 0 aliphatic heterocycles. The van der Waals surface area contributed by atoms with E-state index in [1.165, 1.54) is 38.5 Å². The maximum absolute atomic E-state index is 11.6. The number of carbonyl (C=O) groups excluding carboxylic acids is 2. The van der Waals surface area contributed by atoms with Gasteiger partial charge in [0.2, 0.25) is 0 Å². The molecular formula is C16H26O2. The summed E-state index contributed by atoms with van der Waals surface area (Å²) >= 11 is 0. The molecule has 2 nitrogen and oxygen atoms in total. The molecule has 0 saturated carbocycles. The van der Waals surface area contributed by atoms with Crippen LogP contribution in [-0.2, 0) is 9.59 Å². The third kappa shape index (κ3) is 8.21. The summed E-state index contributed by atoms with van der Waals surface area (Å²) in [5, 5.41) is 0. The van der Waals surface area contributed by atoms with Gasteiger partial charge in [0.25, 0.3) is 0 Å². The molecule has 18 heavy (non-hydrogen) atoms. The van der Waals surface area contributed by atoms with Gasteiger partial charge >= 0.3 is 0 Å². The van der Waals surface area contributed by atoms with Crippen molar-refractivity contribution in [1.82, 2.24) is 0 Å². The zero-order valence-corrected chi connectivity index (χ0v) is 11.5. The Morgan fingerprint density at radius 2 is 1.28 bits per heavy atom. The van der Waals surface area contributed by atoms with Gasteiger partial charge in [-0.3, -0.25) is 9.59 Å². The van der Waals surface area contributed by atoms with Gasteiger partial charge in [0, 0.05) is 19.3 Å². The number of rotatable bonds is 0. The highest BCUT2D eigenvalue weighted by Gasteiger charge is 2.04. The van der Waals surface area contributed by atoms with E-state index in [1.807, 2.05) is 6.08 Å². The lowest BCUT2D eigenvalue weighted by atomic mass is 10.0. The molecule has 0 atom stereocenters.